The molecule has 9 nitrogen and oxygen atoms in total. The number of fused-ring (bicyclic) bond motifs is 4. The molecule has 0 N–H and O–H groups in total. The Morgan fingerprint density at radius 3 is 1.45 bits per heavy atom. The van der Waals surface area contributed by atoms with Gasteiger partial charge in [-0.25, -0.2) is 8.42 Å². The molecule has 4 bridgehead atoms. The van der Waals surface area contributed by atoms with E-state index in [1.54, 1.807) is 0 Å². The standard InChI is InChI=1S/C19H26INO2.C18H23FINO2.CH4IP.CH4O3S.CH3.F2.K/c1-3-4-11-21-15-9-10-17(21)18(19(22)23-2)16(12-15)13-5-7-14(20)8-6-13;1-23-18(22)17-15(12-3-5-13(20)6-4-12)11-14-7-8-16(17)21(14)10-2-9-19;1-3-2;1-5(2,3)4;;1-2;/h5-8,15-18H,3-4,9-12H2,1-2H3;3-6,14-17H,2,7-11H2,1H3;3H,1H3;1H3,(H,2,3,4);1H3;;/q;;;;-1;;+1/p-1/i;19-1;3T;;;1-1;. The van der Waals surface area contributed by atoms with Gasteiger partial charge >= 0.3 is 63.3 Å². The number of carbonyl (C=O) groups is 2. The van der Waals surface area contributed by atoms with Gasteiger partial charge in [0.15, 0.2) is 0 Å². The number of methoxy groups -OCH3 is 2. The maximum absolute atomic E-state index is 12.6. The molecule has 0 saturated carbocycles. The molecule has 0 aliphatic carbocycles. The number of nitrogens with zero attached hydrogens (tertiary/aromatic N) is 2. The van der Waals surface area contributed by atoms with Crippen LogP contribution in [-0.2, 0) is 29.2 Å². The molecule has 0 spiro atoms. The van der Waals surface area contributed by atoms with E-state index < -0.39 is 16.3 Å². The number of hydrogen-bond acceptors (Lipinski definition) is 9. The van der Waals surface area contributed by atoms with Crippen LogP contribution in [-0.4, -0.2) is 107 Å². The fourth-order valence-corrected chi connectivity index (χ4v) is 9.65. The number of rotatable bonds is 10. The van der Waals surface area contributed by atoms with E-state index in [9.17, 15) is 14.0 Å². The van der Waals surface area contributed by atoms with Crippen molar-refractivity contribution in [2.45, 2.75) is 101 Å². The van der Waals surface area contributed by atoms with Gasteiger partial charge in [0.25, 0.3) is 0 Å². The molecular weight excluding hydrogens is 1160 g/mol. The van der Waals surface area contributed by atoms with Crippen LogP contribution >= 0.6 is 73.4 Å². The number of halogens is 6. The largest absolute Gasteiger partial charge is 1.00 e. The van der Waals surface area contributed by atoms with Gasteiger partial charge in [0, 0.05) is 65.1 Å². The van der Waals surface area contributed by atoms with Gasteiger partial charge in [-0.15, -0.1) is 0 Å². The quantitative estimate of drug-likeness (QED) is 0.0616. The zero-order chi connectivity index (χ0) is 42.9. The molecule has 0 aromatic heterocycles. The fraction of sp³-hybridized carbons (Fsp3) is 0.625. The summed E-state index contributed by atoms with van der Waals surface area (Å²) in [7, 11) is -0.912. The van der Waals surface area contributed by atoms with E-state index in [4.69, 9.17) is 32.9 Å². The number of ether oxygens (including phenoxy) is 2. The second-order valence-corrected chi connectivity index (χ2v) is 21.4. The Bertz CT molecular complexity index is 1510. The van der Waals surface area contributed by atoms with Crippen molar-refractivity contribution >= 4 is 95.4 Å². The minimum absolute atomic E-state index is 0. The molecule has 0 radical (unpaired) electrons. The number of hydrogen-bond donors (Lipinski definition) is 0. The summed E-state index contributed by atoms with van der Waals surface area (Å²) in [6, 6.07) is 18.8. The van der Waals surface area contributed by atoms with Crippen molar-refractivity contribution in [1.29, 1.82) is 1.28 Å². The third-order valence-corrected chi connectivity index (χ3v) is 12.4. The molecule has 4 aliphatic rings. The third-order valence-electron chi connectivity index (χ3n) is 11.0. The Balaban J connectivity index is 0.000000890. The van der Waals surface area contributed by atoms with Crippen LogP contribution in [0, 0.1) is 26.4 Å². The summed E-state index contributed by atoms with van der Waals surface area (Å²) in [5, 5.41) is 0. The van der Waals surface area contributed by atoms with Gasteiger partial charge in [0.1, 0.15) is 0 Å². The second kappa shape index (κ2) is 31.2. The van der Waals surface area contributed by atoms with Crippen LogP contribution in [0.2, 0.25) is 0 Å². The number of benzene rings is 2. The molecule has 9 atom stereocenters. The number of unbranched alkanes of at least 4 members (excludes halogenated alkanes) is 1. The summed E-state index contributed by atoms with van der Waals surface area (Å²) in [5.41, 5.74) is 2.52. The van der Waals surface area contributed by atoms with Crippen molar-refractivity contribution in [2.75, 3.05) is 46.9 Å². The summed E-state index contributed by atoms with van der Waals surface area (Å²) in [4.78, 5) is 30.0. The van der Waals surface area contributed by atoms with Crippen LogP contribution < -0.4 is 51.4 Å². The molecular formula is C40H59F3I3KN2O7PS-. The van der Waals surface area contributed by atoms with Crippen molar-refractivity contribution in [3.05, 3.63) is 74.2 Å². The zero-order valence-corrected chi connectivity index (χ0v) is 45.9. The van der Waals surface area contributed by atoms with Crippen molar-refractivity contribution < 1.29 is 97.0 Å². The second-order valence-electron chi connectivity index (χ2n) is 14.2. The van der Waals surface area contributed by atoms with Gasteiger partial charge in [-0.1, -0.05) is 65.8 Å². The monoisotopic (exact) mass is 1220 g/mol. The van der Waals surface area contributed by atoms with Crippen LogP contribution in [0.25, 0.3) is 0 Å². The maximum Gasteiger partial charge on any atom is 1.00 e. The summed E-state index contributed by atoms with van der Waals surface area (Å²) >= 11 is 6.70. The normalized spacial score (nSPS) is 26.3. The fourth-order valence-electron chi connectivity index (χ4n) is 8.93. The first-order valence-corrected chi connectivity index (χ1v) is 26.8. The van der Waals surface area contributed by atoms with Crippen LogP contribution in [0.3, 0.4) is 0 Å². The van der Waals surface area contributed by atoms with E-state index in [-0.39, 0.29) is 101 Å². The van der Waals surface area contributed by atoms with Gasteiger partial charge in [0.05, 0.1) is 44.1 Å². The van der Waals surface area contributed by atoms with Crippen molar-refractivity contribution in [1.82, 2.24) is 9.80 Å². The van der Waals surface area contributed by atoms with Crippen molar-refractivity contribution in [3.63, 3.8) is 0 Å². The number of alkyl halides is 1. The predicted molar refractivity (Wildman–Crippen MR) is 249 cm³/mol. The van der Waals surface area contributed by atoms with E-state index in [2.05, 4.69) is 132 Å². The maximum atomic E-state index is 12.6. The first-order valence-electron chi connectivity index (χ1n) is 19.2. The van der Waals surface area contributed by atoms with Crippen LogP contribution in [0.15, 0.2) is 48.5 Å². The van der Waals surface area contributed by atoms with Gasteiger partial charge in [-0.05, 0) is 145 Å². The molecule has 326 valence electrons. The van der Waals surface area contributed by atoms with Gasteiger partial charge in [-0.2, -0.15) is 0 Å². The van der Waals surface area contributed by atoms with E-state index in [0.717, 1.165) is 45.2 Å². The molecule has 2 aromatic rings. The summed E-state index contributed by atoms with van der Waals surface area (Å²) in [5.74, 6) is 0.201. The topological polar surface area (TPSA) is 116 Å². The number of esters is 2. The van der Waals surface area contributed by atoms with E-state index in [0.29, 0.717) is 36.7 Å². The molecule has 2 aromatic carbocycles. The molecule has 4 fully saturated rings. The van der Waals surface area contributed by atoms with Gasteiger partial charge in [-0.3, -0.25) is 23.8 Å². The molecule has 4 heterocycles. The first kappa shape index (κ1) is 57.3. The Morgan fingerprint density at radius 1 is 0.828 bits per heavy atom. The van der Waals surface area contributed by atoms with Crippen LogP contribution in [0.5, 0.6) is 0 Å². The Hall–Kier alpha value is 1.26. The van der Waals surface area contributed by atoms with Crippen molar-refractivity contribution in [2.24, 2.45) is 11.8 Å². The Labute approximate surface area is 431 Å². The number of piperidine rings is 2. The van der Waals surface area contributed by atoms with Crippen LogP contribution in [0.1, 0.15) is 87.7 Å². The van der Waals surface area contributed by atoms with Gasteiger partial charge < -0.3 is 21.5 Å². The summed E-state index contributed by atoms with van der Waals surface area (Å²) in [6.07, 6.45) is 9.70. The van der Waals surface area contributed by atoms with Gasteiger partial charge in [0.2, 0.25) is 0 Å². The molecule has 4 aliphatic heterocycles. The Morgan fingerprint density at radius 2 is 1.16 bits per heavy atom. The van der Waals surface area contributed by atoms with E-state index in [1.165, 1.54) is 51.7 Å². The molecule has 58 heavy (non-hydrogen) atoms. The summed E-state index contributed by atoms with van der Waals surface area (Å²) < 4.78 is 75.2. The predicted octanol–water partition coefficient (Wildman–Crippen LogP) is 7.06. The smallest absolute Gasteiger partial charge is 0.748 e. The minimum atomic E-state index is -3.92. The first-order chi connectivity index (χ1) is 27.0. The zero-order valence-electron chi connectivity index (χ0n) is 35.6. The number of carbonyl (C=O) groups excluding carboxylic acids is 2. The van der Waals surface area contributed by atoms with Crippen molar-refractivity contribution in [3.8, 4) is 0 Å². The molecule has 9 unspecified atom stereocenters. The van der Waals surface area contributed by atoms with E-state index >= 15 is 0 Å². The third kappa shape index (κ3) is 18.4. The minimum Gasteiger partial charge on any atom is -0.748 e. The van der Waals surface area contributed by atoms with Crippen LogP contribution in [0.4, 0.5) is 13.5 Å². The molecule has 6 rings (SSSR count). The average molecular weight is 1220 g/mol. The molecule has 4 saturated heterocycles. The summed E-state index contributed by atoms with van der Waals surface area (Å²) in [6.45, 7) is 5.70. The SMILES string of the molecule is CCCCN1C2CCC1C(C(=O)OC)C(c1ccc(I)cc1)C2.COC(=O)C1C(c2ccc(I)cc2)CC2CCC1N2CCC[18F].CS(=O)(=O)[O-].F[18F].[3H]P(C)I.[CH3-].[K+]. The Kier molecular flexibility index (Phi) is 30.8. The average Bonchev–Trinajstić information content (AvgIpc) is 3.61. The van der Waals surface area contributed by atoms with E-state index in [1.807, 2.05) is 6.66 Å². The molecule has 18 heteroatoms. The molecule has 0 amide bonds.